The minimum absolute atomic E-state index is 0.180. The molecular weight excluding hydrogens is 406 g/mol. The van der Waals surface area contributed by atoms with Crippen LogP contribution in [0.15, 0.2) is 52.9 Å². The van der Waals surface area contributed by atoms with E-state index in [2.05, 4.69) is 30.5 Å². The predicted molar refractivity (Wildman–Crippen MR) is 120 cm³/mol. The van der Waals surface area contributed by atoms with Gasteiger partial charge in [0.2, 0.25) is 17.7 Å². The van der Waals surface area contributed by atoms with Gasteiger partial charge in [0.1, 0.15) is 11.6 Å². The van der Waals surface area contributed by atoms with Gasteiger partial charge >= 0.3 is 0 Å². The lowest BCUT2D eigenvalue weighted by Crippen LogP contribution is -2.17. The van der Waals surface area contributed by atoms with E-state index in [1.54, 1.807) is 37.7 Å². The molecule has 0 radical (unpaired) electrons. The number of nitrogen functional groups attached to an aromatic ring is 1. The third-order valence-corrected chi connectivity index (χ3v) is 5.55. The zero-order valence-electron chi connectivity index (χ0n) is 17.7. The molecule has 3 N–H and O–H groups in total. The summed E-state index contributed by atoms with van der Waals surface area (Å²) in [7, 11) is 0. The van der Waals surface area contributed by atoms with Gasteiger partial charge in [-0.05, 0) is 48.9 Å². The molecule has 0 atom stereocenters. The topological polar surface area (TPSA) is 133 Å². The van der Waals surface area contributed by atoms with Gasteiger partial charge in [-0.15, -0.1) is 10.2 Å². The molecule has 1 saturated carbocycles. The van der Waals surface area contributed by atoms with Crippen molar-refractivity contribution < 1.29 is 9.21 Å². The highest BCUT2D eigenvalue weighted by Crippen LogP contribution is 2.40. The lowest BCUT2D eigenvalue weighted by atomic mass is 9.80. The molecule has 1 amide bonds. The van der Waals surface area contributed by atoms with E-state index in [0.29, 0.717) is 23.4 Å². The number of hydrogen-bond donors (Lipinski definition) is 2. The predicted octanol–water partition coefficient (Wildman–Crippen LogP) is 3.72. The number of amides is 1. The molecule has 32 heavy (non-hydrogen) atoms. The van der Waals surface area contributed by atoms with Crippen molar-refractivity contribution in [2.24, 2.45) is 0 Å². The minimum Gasteiger partial charge on any atom is -0.425 e. The van der Waals surface area contributed by atoms with Crippen molar-refractivity contribution in [3.63, 3.8) is 0 Å². The van der Waals surface area contributed by atoms with Crippen LogP contribution in [0.1, 0.15) is 36.1 Å². The maximum Gasteiger partial charge on any atom is 0.249 e. The van der Waals surface area contributed by atoms with E-state index in [0.717, 1.165) is 46.0 Å². The number of aromatic nitrogens is 5. The van der Waals surface area contributed by atoms with Gasteiger partial charge in [-0.25, -0.2) is 9.97 Å². The number of anilines is 2. The molecular formula is C23H21N7O2. The van der Waals surface area contributed by atoms with Crippen molar-refractivity contribution in [1.29, 1.82) is 0 Å². The Labute approximate surface area is 183 Å². The molecule has 4 aromatic heterocycles. The number of pyridine rings is 3. The maximum absolute atomic E-state index is 12.5. The molecule has 4 aromatic rings. The molecule has 0 spiro atoms. The Hall–Kier alpha value is -4.14. The number of nitrogens with two attached hydrogens (primary N) is 1. The summed E-state index contributed by atoms with van der Waals surface area (Å²) in [6, 6.07) is 5.64. The summed E-state index contributed by atoms with van der Waals surface area (Å²) in [4.78, 5) is 25.5. The Morgan fingerprint density at radius 1 is 1.22 bits per heavy atom. The van der Waals surface area contributed by atoms with Crippen molar-refractivity contribution >= 4 is 28.3 Å². The molecule has 0 bridgehead atoms. The first-order valence-electron chi connectivity index (χ1n) is 10.2. The van der Waals surface area contributed by atoms with Crippen LogP contribution in [-0.4, -0.2) is 31.1 Å². The van der Waals surface area contributed by atoms with Gasteiger partial charge < -0.3 is 15.5 Å². The Morgan fingerprint density at radius 2 is 2.06 bits per heavy atom. The van der Waals surface area contributed by atoms with Gasteiger partial charge in [0, 0.05) is 48.5 Å². The summed E-state index contributed by atoms with van der Waals surface area (Å²) in [5, 5.41) is 12.3. The number of aryl methyl sites for hydroxylation is 2. The lowest BCUT2D eigenvalue weighted by molar-refractivity contribution is -0.112. The summed E-state index contributed by atoms with van der Waals surface area (Å²) >= 11 is 0. The SMILES string of the molecule is Cc1nnc(C2CC(=CC(=O)Nc3cc4cc(-c5cnccc5C)nc(N)c4cn3)C2)o1. The van der Waals surface area contributed by atoms with Crippen LogP contribution >= 0.6 is 0 Å². The number of carbonyl (C=O) groups excluding carboxylic acids is 1. The van der Waals surface area contributed by atoms with Crippen molar-refractivity contribution in [1.82, 2.24) is 25.1 Å². The van der Waals surface area contributed by atoms with Crippen LogP contribution in [0.25, 0.3) is 22.0 Å². The number of rotatable bonds is 4. The number of hydrogen-bond acceptors (Lipinski definition) is 8. The summed E-state index contributed by atoms with van der Waals surface area (Å²) in [6.45, 7) is 3.76. The van der Waals surface area contributed by atoms with Crippen LogP contribution in [-0.2, 0) is 4.79 Å². The molecule has 160 valence electrons. The quantitative estimate of drug-likeness (QED) is 0.471. The third-order valence-electron chi connectivity index (χ3n) is 5.55. The van der Waals surface area contributed by atoms with Crippen molar-refractivity contribution in [3.05, 3.63) is 65.8 Å². The number of nitrogens with one attached hydrogen (secondary N) is 1. The largest absolute Gasteiger partial charge is 0.425 e. The Bertz CT molecular complexity index is 1370. The van der Waals surface area contributed by atoms with Crippen LogP contribution in [0, 0.1) is 13.8 Å². The van der Waals surface area contributed by atoms with Gasteiger partial charge in [-0.3, -0.25) is 9.78 Å². The van der Waals surface area contributed by atoms with E-state index in [4.69, 9.17) is 10.2 Å². The molecule has 0 aliphatic heterocycles. The fraction of sp³-hybridized carbons (Fsp3) is 0.217. The molecule has 4 heterocycles. The average Bonchev–Trinajstić information content (AvgIpc) is 3.16. The van der Waals surface area contributed by atoms with E-state index >= 15 is 0 Å². The monoisotopic (exact) mass is 427 g/mol. The minimum atomic E-state index is -0.225. The van der Waals surface area contributed by atoms with Crippen LogP contribution in [0.4, 0.5) is 11.6 Å². The van der Waals surface area contributed by atoms with Crippen molar-refractivity contribution in [2.45, 2.75) is 32.6 Å². The van der Waals surface area contributed by atoms with Crippen molar-refractivity contribution in [2.75, 3.05) is 11.1 Å². The van der Waals surface area contributed by atoms with E-state index < -0.39 is 0 Å². The third kappa shape index (κ3) is 3.80. The summed E-state index contributed by atoms with van der Waals surface area (Å²) in [6.07, 6.45) is 8.20. The molecule has 9 nitrogen and oxygen atoms in total. The average molecular weight is 427 g/mol. The van der Waals surface area contributed by atoms with Gasteiger partial charge in [-0.1, -0.05) is 5.57 Å². The first-order chi connectivity index (χ1) is 15.5. The molecule has 5 rings (SSSR count). The fourth-order valence-electron chi connectivity index (χ4n) is 3.80. The second-order valence-electron chi connectivity index (χ2n) is 7.93. The van der Waals surface area contributed by atoms with Crippen LogP contribution < -0.4 is 11.1 Å². The molecule has 0 saturated heterocycles. The first kappa shape index (κ1) is 19.8. The smallest absolute Gasteiger partial charge is 0.249 e. The van der Waals surface area contributed by atoms with E-state index in [1.807, 2.05) is 19.1 Å². The number of fused-ring (bicyclic) bond motifs is 1. The van der Waals surface area contributed by atoms with Crippen molar-refractivity contribution in [3.8, 4) is 11.3 Å². The molecule has 1 aliphatic rings. The van der Waals surface area contributed by atoms with Crippen LogP contribution in [0.2, 0.25) is 0 Å². The second-order valence-corrected chi connectivity index (χ2v) is 7.93. The Morgan fingerprint density at radius 3 is 2.81 bits per heavy atom. The van der Waals surface area contributed by atoms with E-state index in [1.165, 1.54) is 0 Å². The maximum atomic E-state index is 12.5. The van der Waals surface area contributed by atoms with Crippen LogP contribution in [0.5, 0.6) is 0 Å². The number of allylic oxidation sites excluding steroid dienone is 1. The van der Waals surface area contributed by atoms with E-state index in [9.17, 15) is 4.79 Å². The molecule has 0 unspecified atom stereocenters. The standard InChI is InChI=1S/C23H21N7O2/c1-12-3-4-25-10-17(12)19-8-15-9-20(26-11-18(15)22(24)27-19)28-21(31)7-14-5-16(6-14)23-30-29-13(2)32-23/h3-4,7-11,16H,5-6H2,1-2H3,(H2,24,27)(H,26,28,31). The zero-order valence-corrected chi connectivity index (χ0v) is 17.7. The normalized spacial score (nSPS) is 15.4. The van der Waals surface area contributed by atoms with Gasteiger partial charge in [0.05, 0.1) is 5.69 Å². The molecule has 1 fully saturated rings. The highest BCUT2D eigenvalue weighted by molar-refractivity contribution is 6.01. The first-order valence-corrected chi connectivity index (χ1v) is 10.2. The Kier molecular flexibility index (Phi) is 4.85. The fourth-order valence-corrected chi connectivity index (χ4v) is 3.80. The lowest BCUT2D eigenvalue weighted by Gasteiger charge is -2.25. The highest BCUT2D eigenvalue weighted by atomic mass is 16.4. The number of carbonyl (C=O) groups is 1. The van der Waals surface area contributed by atoms with Gasteiger partial charge in [0.15, 0.2) is 0 Å². The van der Waals surface area contributed by atoms with Gasteiger partial charge in [0.25, 0.3) is 0 Å². The molecule has 0 aromatic carbocycles. The summed E-state index contributed by atoms with van der Waals surface area (Å²) in [5.74, 6) is 1.96. The van der Waals surface area contributed by atoms with E-state index in [-0.39, 0.29) is 11.8 Å². The Balaban J connectivity index is 1.33. The highest BCUT2D eigenvalue weighted by Gasteiger charge is 2.29. The summed E-state index contributed by atoms with van der Waals surface area (Å²) < 4.78 is 5.46. The number of nitrogens with zero attached hydrogens (tertiary/aromatic N) is 5. The second kappa shape index (κ2) is 7.84. The molecule has 1 aliphatic carbocycles. The molecule has 9 heteroatoms. The zero-order chi connectivity index (χ0) is 22.2. The van der Waals surface area contributed by atoms with Gasteiger partial charge in [-0.2, -0.15) is 0 Å². The summed E-state index contributed by atoms with van der Waals surface area (Å²) in [5.41, 5.74) is 9.88. The van der Waals surface area contributed by atoms with Crippen LogP contribution in [0.3, 0.4) is 0 Å².